The third-order valence-electron chi connectivity index (χ3n) is 4.08. The van der Waals surface area contributed by atoms with E-state index < -0.39 is 5.97 Å². The van der Waals surface area contributed by atoms with Crippen LogP contribution in [-0.2, 0) is 22.6 Å². The molecule has 0 aliphatic carbocycles. The van der Waals surface area contributed by atoms with E-state index >= 15 is 0 Å². The summed E-state index contributed by atoms with van der Waals surface area (Å²) in [5.74, 6) is -0.347. The molecule has 21 heavy (non-hydrogen) atoms. The number of nitrogens with two attached hydrogens (primary N) is 1. The lowest BCUT2D eigenvalue weighted by Gasteiger charge is -2.17. The number of benzene rings is 1. The minimum atomic E-state index is -0.767. The van der Waals surface area contributed by atoms with Gasteiger partial charge in [-0.25, -0.2) is 0 Å². The summed E-state index contributed by atoms with van der Waals surface area (Å²) in [5, 5.41) is 8.71. The Bertz CT molecular complexity index is 516. The molecule has 1 fully saturated rings. The Balaban J connectivity index is 1.88. The maximum absolute atomic E-state index is 12.3. The van der Waals surface area contributed by atoms with Crippen molar-refractivity contribution < 1.29 is 14.7 Å². The number of carboxylic acid groups (broad SMARTS) is 1. The Morgan fingerprint density at radius 1 is 1.29 bits per heavy atom. The number of likely N-dealkylation sites (tertiary alicyclic amines) is 1. The average molecular weight is 290 g/mol. The van der Waals surface area contributed by atoms with E-state index in [0.29, 0.717) is 31.8 Å². The van der Waals surface area contributed by atoms with Gasteiger partial charge in [-0.1, -0.05) is 24.3 Å². The van der Waals surface area contributed by atoms with Crippen molar-refractivity contribution in [2.24, 2.45) is 11.7 Å². The highest BCUT2D eigenvalue weighted by molar-refractivity contribution is 5.79. The first-order valence-electron chi connectivity index (χ1n) is 7.36. The zero-order valence-corrected chi connectivity index (χ0v) is 12.1. The molecule has 1 unspecified atom stereocenters. The van der Waals surface area contributed by atoms with Crippen molar-refractivity contribution in [2.75, 3.05) is 13.1 Å². The summed E-state index contributed by atoms with van der Waals surface area (Å²) < 4.78 is 0. The molecule has 1 heterocycles. The summed E-state index contributed by atoms with van der Waals surface area (Å²) >= 11 is 0. The molecule has 1 aliphatic rings. The van der Waals surface area contributed by atoms with Gasteiger partial charge in [0.05, 0.1) is 6.42 Å². The molecule has 114 valence electrons. The number of amides is 1. The van der Waals surface area contributed by atoms with E-state index in [1.807, 2.05) is 29.2 Å². The lowest BCUT2D eigenvalue weighted by Crippen LogP contribution is -2.30. The van der Waals surface area contributed by atoms with E-state index in [4.69, 9.17) is 10.8 Å². The number of carboxylic acids is 1. The van der Waals surface area contributed by atoms with Gasteiger partial charge in [0.25, 0.3) is 0 Å². The number of hydrogen-bond acceptors (Lipinski definition) is 3. The molecule has 1 atom stereocenters. The molecule has 1 saturated heterocycles. The van der Waals surface area contributed by atoms with Crippen LogP contribution in [0.1, 0.15) is 30.4 Å². The van der Waals surface area contributed by atoms with E-state index in [1.54, 1.807) is 0 Å². The van der Waals surface area contributed by atoms with Crippen LogP contribution in [-0.4, -0.2) is 35.0 Å². The van der Waals surface area contributed by atoms with E-state index in [2.05, 4.69) is 0 Å². The highest BCUT2D eigenvalue weighted by Crippen LogP contribution is 2.22. The number of carbonyl (C=O) groups is 2. The minimum absolute atomic E-state index is 0.105. The summed E-state index contributed by atoms with van der Waals surface area (Å²) in [6.45, 7) is 1.84. The smallest absolute Gasteiger partial charge is 0.303 e. The normalized spacial score (nSPS) is 18.0. The molecule has 1 aliphatic heterocycles. The summed E-state index contributed by atoms with van der Waals surface area (Å²) in [7, 11) is 0. The second-order valence-electron chi connectivity index (χ2n) is 5.58. The zero-order valence-electron chi connectivity index (χ0n) is 12.1. The molecule has 3 N–H and O–H groups in total. The summed E-state index contributed by atoms with van der Waals surface area (Å²) in [5.41, 5.74) is 7.68. The van der Waals surface area contributed by atoms with Crippen molar-refractivity contribution in [2.45, 2.75) is 32.2 Å². The summed E-state index contributed by atoms with van der Waals surface area (Å²) in [4.78, 5) is 24.8. The highest BCUT2D eigenvalue weighted by atomic mass is 16.4. The molecule has 1 aromatic carbocycles. The molecule has 1 amide bonds. The van der Waals surface area contributed by atoms with Crippen LogP contribution in [0.15, 0.2) is 24.3 Å². The van der Waals surface area contributed by atoms with Gasteiger partial charge in [0.15, 0.2) is 0 Å². The quantitative estimate of drug-likeness (QED) is 0.829. The molecule has 5 heteroatoms. The van der Waals surface area contributed by atoms with Gasteiger partial charge >= 0.3 is 5.97 Å². The SMILES string of the molecule is NCc1ccccc1CC(=O)N1CCC(CCC(=O)O)C1. The Morgan fingerprint density at radius 3 is 2.67 bits per heavy atom. The molecule has 0 aromatic heterocycles. The van der Waals surface area contributed by atoms with Gasteiger partial charge in [-0.15, -0.1) is 0 Å². The number of aliphatic carboxylic acids is 1. The third-order valence-corrected chi connectivity index (χ3v) is 4.08. The van der Waals surface area contributed by atoms with Crippen LogP contribution >= 0.6 is 0 Å². The van der Waals surface area contributed by atoms with Crippen molar-refractivity contribution in [3.8, 4) is 0 Å². The fourth-order valence-corrected chi connectivity index (χ4v) is 2.83. The molecule has 1 aromatic rings. The number of nitrogens with zero attached hydrogens (tertiary/aromatic N) is 1. The van der Waals surface area contributed by atoms with E-state index in [0.717, 1.165) is 24.1 Å². The van der Waals surface area contributed by atoms with Crippen molar-refractivity contribution in [1.29, 1.82) is 0 Å². The van der Waals surface area contributed by atoms with Crippen LogP contribution < -0.4 is 5.73 Å². The number of carbonyl (C=O) groups excluding carboxylic acids is 1. The standard InChI is InChI=1S/C16H22N2O3/c17-10-14-4-2-1-3-13(14)9-15(19)18-8-7-12(11-18)5-6-16(20)21/h1-4,12H,5-11,17H2,(H,20,21). The van der Waals surface area contributed by atoms with Crippen LogP contribution in [0.2, 0.25) is 0 Å². The van der Waals surface area contributed by atoms with Crippen LogP contribution in [0, 0.1) is 5.92 Å². The molecule has 0 radical (unpaired) electrons. The van der Waals surface area contributed by atoms with Crippen molar-refractivity contribution in [1.82, 2.24) is 4.90 Å². The van der Waals surface area contributed by atoms with Crippen LogP contribution in [0.25, 0.3) is 0 Å². The molecular formula is C16H22N2O3. The van der Waals surface area contributed by atoms with Crippen molar-refractivity contribution in [3.63, 3.8) is 0 Å². The van der Waals surface area contributed by atoms with Crippen molar-refractivity contribution >= 4 is 11.9 Å². The van der Waals surface area contributed by atoms with Crippen LogP contribution in [0.5, 0.6) is 0 Å². The molecule has 0 bridgehead atoms. The molecule has 0 saturated carbocycles. The van der Waals surface area contributed by atoms with E-state index in [-0.39, 0.29) is 12.3 Å². The number of hydrogen-bond donors (Lipinski definition) is 2. The fraction of sp³-hybridized carbons (Fsp3) is 0.500. The maximum atomic E-state index is 12.3. The van der Waals surface area contributed by atoms with Gasteiger partial charge in [-0.05, 0) is 29.9 Å². The van der Waals surface area contributed by atoms with Gasteiger partial charge in [0, 0.05) is 26.1 Å². The molecule has 0 spiro atoms. The Labute approximate surface area is 124 Å². The second-order valence-corrected chi connectivity index (χ2v) is 5.58. The first kappa shape index (κ1) is 15.5. The monoisotopic (exact) mass is 290 g/mol. The van der Waals surface area contributed by atoms with E-state index in [1.165, 1.54) is 0 Å². The molecule has 2 rings (SSSR count). The van der Waals surface area contributed by atoms with Gasteiger partial charge in [-0.2, -0.15) is 0 Å². The third kappa shape index (κ3) is 4.29. The predicted molar refractivity (Wildman–Crippen MR) is 79.6 cm³/mol. The van der Waals surface area contributed by atoms with Gasteiger partial charge in [0.2, 0.25) is 5.91 Å². The summed E-state index contributed by atoms with van der Waals surface area (Å²) in [6.07, 6.45) is 2.11. The highest BCUT2D eigenvalue weighted by Gasteiger charge is 2.26. The predicted octanol–water partition coefficient (Wildman–Crippen LogP) is 1.40. The molecule has 5 nitrogen and oxygen atoms in total. The minimum Gasteiger partial charge on any atom is -0.481 e. The molecular weight excluding hydrogens is 268 g/mol. The van der Waals surface area contributed by atoms with Crippen LogP contribution in [0.3, 0.4) is 0 Å². The van der Waals surface area contributed by atoms with Gasteiger partial charge in [0.1, 0.15) is 0 Å². The lowest BCUT2D eigenvalue weighted by atomic mass is 10.0. The van der Waals surface area contributed by atoms with Gasteiger partial charge < -0.3 is 15.7 Å². The Kier molecular flexibility index (Phi) is 5.33. The largest absolute Gasteiger partial charge is 0.481 e. The second kappa shape index (κ2) is 7.22. The Hall–Kier alpha value is -1.88. The van der Waals surface area contributed by atoms with E-state index in [9.17, 15) is 9.59 Å². The maximum Gasteiger partial charge on any atom is 0.303 e. The summed E-state index contributed by atoms with van der Waals surface area (Å²) in [6, 6.07) is 7.73. The first-order chi connectivity index (χ1) is 10.1. The fourth-order valence-electron chi connectivity index (χ4n) is 2.83. The van der Waals surface area contributed by atoms with Crippen LogP contribution in [0.4, 0.5) is 0 Å². The average Bonchev–Trinajstić information content (AvgIpc) is 2.94. The zero-order chi connectivity index (χ0) is 15.2. The topological polar surface area (TPSA) is 83.6 Å². The lowest BCUT2D eigenvalue weighted by molar-refractivity contribution is -0.137. The van der Waals surface area contributed by atoms with Crippen molar-refractivity contribution in [3.05, 3.63) is 35.4 Å². The number of rotatable bonds is 6. The first-order valence-corrected chi connectivity index (χ1v) is 7.36. The Morgan fingerprint density at radius 2 is 2.00 bits per heavy atom. The van der Waals surface area contributed by atoms with Gasteiger partial charge in [-0.3, -0.25) is 9.59 Å².